The number of anilines is 1. The van der Waals surface area contributed by atoms with Crippen molar-refractivity contribution >= 4 is 11.7 Å². The van der Waals surface area contributed by atoms with Crippen molar-refractivity contribution < 1.29 is 4.79 Å². The van der Waals surface area contributed by atoms with Crippen LogP contribution >= 0.6 is 0 Å². The van der Waals surface area contributed by atoms with Crippen molar-refractivity contribution in [3.8, 4) is 11.3 Å². The van der Waals surface area contributed by atoms with Crippen LogP contribution in [-0.2, 0) is 4.79 Å². The molecule has 1 atom stereocenters. The lowest BCUT2D eigenvalue weighted by atomic mass is 10.1. The summed E-state index contributed by atoms with van der Waals surface area (Å²) in [7, 11) is 0. The Morgan fingerprint density at radius 3 is 2.83 bits per heavy atom. The van der Waals surface area contributed by atoms with Gasteiger partial charge in [0.1, 0.15) is 0 Å². The van der Waals surface area contributed by atoms with Crippen molar-refractivity contribution in [2.75, 3.05) is 5.32 Å². The van der Waals surface area contributed by atoms with Gasteiger partial charge in [-0.1, -0.05) is 13.8 Å². The van der Waals surface area contributed by atoms with E-state index in [-0.39, 0.29) is 11.8 Å². The third kappa shape index (κ3) is 2.74. The van der Waals surface area contributed by atoms with E-state index in [0.29, 0.717) is 5.82 Å². The topological polar surface area (TPSA) is 70.7 Å². The molecule has 94 valence electrons. The van der Waals surface area contributed by atoms with Crippen LogP contribution in [0.3, 0.4) is 0 Å². The first-order chi connectivity index (χ1) is 8.70. The monoisotopic (exact) mass is 244 g/mol. The quantitative estimate of drug-likeness (QED) is 0.867. The highest BCUT2D eigenvalue weighted by Gasteiger charge is 2.12. The Bertz CT molecular complexity index is 521. The van der Waals surface area contributed by atoms with Crippen LogP contribution in [0.1, 0.15) is 20.3 Å². The molecular weight excluding hydrogens is 228 g/mol. The predicted molar refractivity (Wildman–Crippen MR) is 69.9 cm³/mol. The lowest BCUT2D eigenvalue weighted by Crippen LogP contribution is -2.19. The zero-order valence-corrected chi connectivity index (χ0v) is 10.5. The Hall–Kier alpha value is -2.17. The van der Waals surface area contributed by atoms with Crippen LogP contribution in [-0.4, -0.2) is 21.1 Å². The van der Waals surface area contributed by atoms with Gasteiger partial charge < -0.3 is 5.32 Å². The van der Waals surface area contributed by atoms with E-state index in [1.165, 1.54) is 0 Å². The normalized spacial score (nSPS) is 12.1. The molecule has 0 aliphatic carbocycles. The minimum absolute atomic E-state index is 0.00826. The summed E-state index contributed by atoms with van der Waals surface area (Å²) >= 11 is 0. The SMILES string of the molecule is CCC(C)C(=O)Nc1cc(-c2ccncc2)[nH]n1. The molecule has 0 radical (unpaired) electrons. The standard InChI is InChI=1S/C13H16N4O/c1-3-9(2)13(18)15-12-8-11(16-17-12)10-4-6-14-7-5-10/h4-9H,3H2,1-2H3,(H2,15,16,17,18). The highest BCUT2D eigenvalue weighted by atomic mass is 16.1. The molecule has 0 aliphatic rings. The van der Waals surface area contributed by atoms with Gasteiger partial charge in [-0.3, -0.25) is 14.9 Å². The fraction of sp³-hybridized carbons (Fsp3) is 0.308. The van der Waals surface area contributed by atoms with Crippen LogP contribution in [0.4, 0.5) is 5.82 Å². The zero-order chi connectivity index (χ0) is 13.0. The molecule has 2 aromatic rings. The maximum Gasteiger partial charge on any atom is 0.228 e. The van der Waals surface area contributed by atoms with Crippen molar-refractivity contribution in [1.82, 2.24) is 15.2 Å². The largest absolute Gasteiger partial charge is 0.309 e. The second kappa shape index (κ2) is 5.44. The Balaban J connectivity index is 2.10. The van der Waals surface area contributed by atoms with Gasteiger partial charge in [-0.05, 0) is 18.6 Å². The minimum Gasteiger partial charge on any atom is -0.309 e. The molecule has 2 N–H and O–H groups in total. The van der Waals surface area contributed by atoms with E-state index in [9.17, 15) is 4.79 Å². The number of hydrogen-bond acceptors (Lipinski definition) is 3. The summed E-state index contributed by atoms with van der Waals surface area (Å²) in [6, 6.07) is 5.58. The molecule has 0 fully saturated rings. The van der Waals surface area contributed by atoms with Gasteiger partial charge in [-0.25, -0.2) is 0 Å². The average molecular weight is 244 g/mol. The number of hydrogen-bond donors (Lipinski definition) is 2. The third-order valence-corrected chi connectivity index (χ3v) is 2.88. The van der Waals surface area contributed by atoms with Crippen LogP contribution in [0, 0.1) is 5.92 Å². The van der Waals surface area contributed by atoms with Crippen molar-refractivity contribution in [2.45, 2.75) is 20.3 Å². The predicted octanol–water partition coefficient (Wildman–Crippen LogP) is 2.46. The molecule has 1 unspecified atom stereocenters. The molecule has 2 heterocycles. The molecule has 2 rings (SSSR count). The minimum atomic E-state index is -0.00900. The van der Waals surface area contributed by atoms with Crippen LogP contribution in [0.15, 0.2) is 30.6 Å². The summed E-state index contributed by atoms with van der Waals surface area (Å²) < 4.78 is 0. The Morgan fingerprint density at radius 2 is 2.17 bits per heavy atom. The number of aromatic nitrogens is 3. The number of nitrogens with zero attached hydrogens (tertiary/aromatic N) is 2. The molecule has 5 nitrogen and oxygen atoms in total. The number of rotatable bonds is 4. The van der Waals surface area contributed by atoms with E-state index in [1.807, 2.05) is 32.0 Å². The second-order valence-electron chi connectivity index (χ2n) is 4.20. The zero-order valence-electron chi connectivity index (χ0n) is 10.5. The maximum atomic E-state index is 11.7. The molecular formula is C13H16N4O. The lowest BCUT2D eigenvalue weighted by molar-refractivity contribution is -0.119. The first-order valence-electron chi connectivity index (χ1n) is 5.97. The third-order valence-electron chi connectivity index (χ3n) is 2.88. The van der Waals surface area contributed by atoms with Gasteiger partial charge in [0.25, 0.3) is 0 Å². The maximum absolute atomic E-state index is 11.7. The summed E-state index contributed by atoms with van der Waals surface area (Å²) in [6.45, 7) is 3.88. The number of aromatic amines is 1. The van der Waals surface area contributed by atoms with Crippen LogP contribution in [0.25, 0.3) is 11.3 Å². The fourth-order valence-corrected chi connectivity index (χ4v) is 1.50. The second-order valence-corrected chi connectivity index (χ2v) is 4.20. The first kappa shape index (κ1) is 12.3. The van der Waals surface area contributed by atoms with Crippen molar-refractivity contribution in [3.05, 3.63) is 30.6 Å². The van der Waals surface area contributed by atoms with Gasteiger partial charge in [0.15, 0.2) is 5.82 Å². The number of amides is 1. The highest BCUT2D eigenvalue weighted by Crippen LogP contribution is 2.19. The van der Waals surface area contributed by atoms with E-state index >= 15 is 0 Å². The lowest BCUT2D eigenvalue weighted by Gasteiger charge is -2.06. The number of nitrogens with one attached hydrogen (secondary N) is 2. The number of carbonyl (C=O) groups is 1. The van der Waals surface area contributed by atoms with E-state index < -0.39 is 0 Å². The summed E-state index contributed by atoms with van der Waals surface area (Å²) in [6.07, 6.45) is 4.24. The molecule has 18 heavy (non-hydrogen) atoms. The smallest absolute Gasteiger partial charge is 0.228 e. The van der Waals surface area contributed by atoms with Crippen molar-refractivity contribution in [3.63, 3.8) is 0 Å². The average Bonchev–Trinajstić information content (AvgIpc) is 2.87. The van der Waals surface area contributed by atoms with Crippen LogP contribution in [0.5, 0.6) is 0 Å². The number of carbonyl (C=O) groups excluding carboxylic acids is 1. The van der Waals surface area contributed by atoms with Gasteiger partial charge >= 0.3 is 0 Å². The molecule has 5 heteroatoms. The Kier molecular flexibility index (Phi) is 3.72. The van der Waals surface area contributed by atoms with Gasteiger partial charge in [0.05, 0.1) is 5.69 Å². The summed E-state index contributed by atoms with van der Waals surface area (Å²) in [5.41, 5.74) is 1.85. The van der Waals surface area contributed by atoms with Crippen LogP contribution < -0.4 is 5.32 Å². The highest BCUT2D eigenvalue weighted by molar-refractivity contribution is 5.91. The van der Waals surface area contributed by atoms with E-state index in [2.05, 4.69) is 20.5 Å². The van der Waals surface area contributed by atoms with Crippen molar-refractivity contribution in [1.29, 1.82) is 0 Å². The van der Waals surface area contributed by atoms with Gasteiger partial charge in [-0.15, -0.1) is 0 Å². The summed E-state index contributed by atoms with van der Waals surface area (Å²) in [5.74, 6) is 0.531. The molecule has 2 aromatic heterocycles. The first-order valence-corrected chi connectivity index (χ1v) is 5.97. The van der Waals surface area contributed by atoms with Gasteiger partial charge in [0.2, 0.25) is 5.91 Å². The molecule has 0 bridgehead atoms. The molecule has 0 aromatic carbocycles. The molecule has 0 saturated carbocycles. The molecule has 1 amide bonds. The van der Waals surface area contributed by atoms with Gasteiger partial charge in [0, 0.05) is 29.9 Å². The molecule has 0 aliphatic heterocycles. The summed E-state index contributed by atoms with van der Waals surface area (Å²) in [4.78, 5) is 15.7. The molecule has 0 saturated heterocycles. The van der Waals surface area contributed by atoms with E-state index in [1.54, 1.807) is 12.4 Å². The van der Waals surface area contributed by atoms with E-state index in [4.69, 9.17) is 0 Å². The van der Waals surface area contributed by atoms with Crippen molar-refractivity contribution in [2.24, 2.45) is 5.92 Å². The fourth-order valence-electron chi connectivity index (χ4n) is 1.50. The number of pyridine rings is 1. The van der Waals surface area contributed by atoms with Gasteiger partial charge in [-0.2, -0.15) is 5.10 Å². The molecule has 0 spiro atoms. The Labute approximate surface area is 106 Å². The number of H-pyrrole nitrogens is 1. The van der Waals surface area contributed by atoms with Crippen LogP contribution in [0.2, 0.25) is 0 Å². The van der Waals surface area contributed by atoms with E-state index in [0.717, 1.165) is 17.7 Å². The Morgan fingerprint density at radius 1 is 1.44 bits per heavy atom. The summed E-state index contributed by atoms with van der Waals surface area (Å²) in [5, 5.41) is 9.75.